The minimum atomic E-state index is 0.920. The highest BCUT2D eigenvalue weighted by molar-refractivity contribution is 6.23. The van der Waals surface area contributed by atoms with Crippen molar-refractivity contribution in [2.24, 2.45) is 0 Å². The summed E-state index contributed by atoms with van der Waals surface area (Å²) in [6, 6.07) is 56.2. The van der Waals surface area contributed by atoms with Gasteiger partial charge < -0.3 is 4.42 Å². The molecule has 10 aromatic rings. The molecule has 0 unspecified atom stereocenters. The van der Waals surface area contributed by atoms with Gasteiger partial charge in [-0.25, -0.2) is 0 Å². The first-order chi connectivity index (χ1) is 24.3. The normalized spacial score (nSPS) is 11.7. The summed E-state index contributed by atoms with van der Waals surface area (Å²) in [5, 5.41) is 6.95. The average Bonchev–Trinajstić information content (AvgIpc) is 3.57. The molecule has 10 rings (SSSR count). The van der Waals surface area contributed by atoms with Crippen molar-refractivity contribution in [1.29, 1.82) is 0 Å². The molecule has 228 valence electrons. The molecule has 0 radical (unpaired) electrons. The van der Waals surface area contributed by atoms with Crippen molar-refractivity contribution >= 4 is 54.5 Å². The van der Waals surface area contributed by atoms with Gasteiger partial charge in [0.05, 0.1) is 11.0 Å². The number of furan rings is 1. The van der Waals surface area contributed by atoms with Crippen molar-refractivity contribution in [3.05, 3.63) is 170 Å². The largest absolute Gasteiger partial charge is 0.455 e. The summed E-state index contributed by atoms with van der Waals surface area (Å²) < 4.78 is 6.28. The van der Waals surface area contributed by atoms with Gasteiger partial charge in [-0.05, 0) is 61.8 Å². The van der Waals surface area contributed by atoms with Gasteiger partial charge in [-0.2, -0.15) is 0 Å². The second-order valence-electron chi connectivity index (χ2n) is 12.6. The SMILES string of the molecule is c1ccc2c(c1)oc1c(-c3ccc(-c4ccc(-c5ccc(-c6ccc7c(c6)c6ccccc6c6nccnc76)cc5)cc4)cc3)cccc12. The number of benzene rings is 8. The van der Waals surface area contributed by atoms with Gasteiger partial charge in [-0.3, -0.25) is 9.97 Å². The third-order valence-electron chi connectivity index (χ3n) is 9.82. The Bertz CT molecular complexity index is 2810. The molecule has 0 spiro atoms. The third kappa shape index (κ3) is 4.51. The zero-order valence-corrected chi connectivity index (χ0v) is 26.5. The van der Waals surface area contributed by atoms with E-state index in [1.54, 1.807) is 12.4 Å². The molecule has 0 aliphatic rings. The number of nitrogens with zero attached hydrogens (tertiary/aromatic N) is 2. The Morgan fingerprint density at radius 3 is 1.43 bits per heavy atom. The van der Waals surface area contributed by atoms with Crippen LogP contribution in [-0.4, -0.2) is 9.97 Å². The van der Waals surface area contributed by atoms with E-state index >= 15 is 0 Å². The van der Waals surface area contributed by atoms with Crippen molar-refractivity contribution in [2.75, 3.05) is 0 Å². The molecular weight excluding hydrogens is 597 g/mol. The maximum atomic E-state index is 6.28. The zero-order chi connectivity index (χ0) is 32.3. The molecular formula is C46H28N2O. The molecule has 0 aliphatic heterocycles. The molecule has 8 aromatic carbocycles. The average molecular weight is 625 g/mol. The Balaban J connectivity index is 0.927. The van der Waals surface area contributed by atoms with Crippen LogP contribution in [0.3, 0.4) is 0 Å². The van der Waals surface area contributed by atoms with E-state index in [2.05, 4.69) is 151 Å². The number of aromatic nitrogens is 2. The number of hydrogen-bond donors (Lipinski definition) is 0. The van der Waals surface area contributed by atoms with Crippen LogP contribution in [-0.2, 0) is 0 Å². The van der Waals surface area contributed by atoms with Crippen molar-refractivity contribution in [2.45, 2.75) is 0 Å². The van der Waals surface area contributed by atoms with Gasteiger partial charge >= 0.3 is 0 Å². The lowest BCUT2D eigenvalue weighted by Gasteiger charge is -2.11. The van der Waals surface area contributed by atoms with Crippen molar-refractivity contribution in [3.8, 4) is 44.5 Å². The Labute approximate surface area is 282 Å². The second-order valence-corrected chi connectivity index (χ2v) is 12.6. The molecule has 3 nitrogen and oxygen atoms in total. The van der Waals surface area contributed by atoms with Gasteiger partial charge in [0.2, 0.25) is 0 Å². The number of para-hydroxylation sites is 2. The molecule has 49 heavy (non-hydrogen) atoms. The summed E-state index contributed by atoms with van der Waals surface area (Å²) in [5.41, 5.74) is 13.1. The van der Waals surface area contributed by atoms with Crippen LogP contribution < -0.4 is 0 Å². The monoisotopic (exact) mass is 624 g/mol. The van der Waals surface area contributed by atoms with Crippen LogP contribution in [0, 0.1) is 0 Å². The molecule has 0 saturated carbocycles. The van der Waals surface area contributed by atoms with Crippen LogP contribution in [0.2, 0.25) is 0 Å². The Morgan fingerprint density at radius 1 is 0.327 bits per heavy atom. The highest BCUT2D eigenvalue weighted by atomic mass is 16.3. The molecule has 0 atom stereocenters. The topological polar surface area (TPSA) is 38.9 Å². The van der Waals surface area contributed by atoms with E-state index in [1.807, 2.05) is 12.1 Å². The van der Waals surface area contributed by atoms with Crippen LogP contribution in [0.25, 0.3) is 99.0 Å². The highest BCUT2D eigenvalue weighted by Crippen LogP contribution is 2.38. The molecule has 3 heteroatoms. The first-order valence-corrected chi connectivity index (χ1v) is 16.6. The van der Waals surface area contributed by atoms with E-state index in [-0.39, 0.29) is 0 Å². The van der Waals surface area contributed by atoms with Crippen LogP contribution in [0.15, 0.2) is 175 Å². The van der Waals surface area contributed by atoms with Gasteiger partial charge in [0.1, 0.15) is 11.2 Å². The van der Waals surface area contributed by atoms with E-state index in [0.29, 0.717) is 0 Å². The van der Waals surface area contributed by atoms with Gasteiger partial charge in [0.15, 0.2) is 0 Å². The van der Waals surface area contributed by atoms with Gasteiger partial charge in [-0.15, -0.1) is 0 Å². The smallest absolute Gasteiger partial charge is 0.143 e. The fraction of sp³-hybridized carbons (Fsp3) is 0. The molecule has 0 saturated heterocycles. The first kappa shape index (κ1) is 27.5. The van der Waals surface area contributed by atoms with E-state index in [9.17, 15) is 0 Å². The summed E-state index contributed by atoms with van der Waals surface area (Å²) in [6.45, 7) is 0. The lowest BCUT2D eigenvalue weighted by atomic mass is 9.94. The molecule has 0 N–H and O–H groups in total. The van der Waals surface area contributed by atoms with E-state index in [4.69, 9.17) is 9.40 Å². The van der Waals surface area contributed by atoms with Crippen LogP contribution >= 0.6 is 0 Å². The highest BCUT2D eigenvalue weighted by Gasteiger charge is 2.13. The van der Waals surface area contributed by atoms with Crippen LogP contribution in [0.1, 0.15) is 0 Å². The third-order valence-corrected chi connectivity index (χ3v) is 9.82. The summed E-state index contributed by atoms with van der Waals surface area (Å²) in [4.78, 5) is 9.37. The minimum Gasteiger partial charge on any atom is -0.455 e. The summed E-state index contributed by atoms with van der Waals surface area (Å²) >= 11 is 0. The Kier molecular flexibility index (Phi) is 6.18. The van der Waals surface area contributed by atoms with Crippen molar-refractivity contribution in [3.63, 3.8) is 0 Å². The molecule has 0 aliphatic carbocycles. The van der Waals surface area contributed by atoms with E-state index < -0.39 is 0 Å². The minimum absolute atomic E-state index is 0.920. The Morgan fingerprint density at radius 2 is 0.796 bits per heavy atom. The predicted molar refractivity (Wildman–Crippen MR) is 204 cm³/mol. The second kappa shape index (κ2) is 11.0. The van der Waals surface area contributed by atoms with Gasteiger partial charge in [-0.1, -0.05) is 146 Å². The molecule has 0 bridgehead atoms. The maximum absolute atomic E-state index is 6.28. The number of hydrogen-bond acceptors (Lipinski definition) is 3. The lowest BCUT2D eigenvalue weighted by Crippen LogP contribution is -1.89. The van der Waals surface area contributed by atoms with Crippen molar-refractivity contribution in [1.82, 2.24) is 9.97 Å². The van der Waals surface area contributed by atoms with Gasteiger partial charge in [0, 0.05) is 39.5 Å². The predicted octanol–water partition coefficient (Wildman–Crippen LogP) is 12.5. The summed E-state index contributed by atoms with van der Waals surface area (Å²) in [7, 11) is 0. The molecule has 2 heterocycles. The van der Waals surface area contributed by atoms with Crippen LogP contribution in [0.4, 0.5) is 0 Å². The van der Waals surface area contributed by atoms with Gasteiger partial charge in [0.25, 0.3) is 0 Å². The molecule has 0 amide bonds. The number of fused-ring (bicyclic) bond motifs is 9. The molecule has 2 aromatic heterocycles. The standard InChI is InChI=1S/C46H28N2O/c1-2-8-39-37(6-1)42-28-35(24-25-40(42)45-44(39)47-26-27-48-45)33-18-16-31(17-19-33)29-12-14-30(15-13-29)32-20-22-34(23-21-32)36-9-5-10-41-38-7-3-4-11-43(38)49-46(36)41/h1-28H. The molecule has 0 fully saturated rings. The van der Waals surface area contributed by atoms with Crippen molar-refractivity contribution < 1.29 is 4.42 Å². The van der Waals surface area contributed by atoms with E-state index in [0.717, 1.165) is 54.9 Å². The number of rotatable bonds is 4. The summed E-state index contributed by atoms with van der Waals surface area (Å²) in [6.07, 6.45) is 3.55. The maximum Gasteiger partial charge on any atom is 0.143 e. The van der Waals surface area contributed by atoms with Crippen LogP contribution in [0.5, 0.6) is 0 Å². The summed E-state index contributed by atoms with van der Waals surface area (Å²) in [5.74, 6) is 0. The lowest BCUT2D eigenvalue weighted by molar-refractivity contribution is 0.670. The van der Waals surface area contributed by atoms with E-state index in [1.165, 1.54) is 44.2 Å². The fourth-order valence-electron chi connectivity index (χ4n) is 7.34. The Hall–Kier alpha value is -6.58. The fourth-order valence-corrected chi connectivity index (χ4v) is 7.34. The quantitative estimate of drug-likeness (QED) is 0.183. The first-order valence-electron chi connectivity index (χ1n) is 16.6. The zero-order valence-electron chi connectivity index (χ0n) is 26.5.